The first-order valence-corrected chi connectivity index (χ1v) is 11.2. The van der Waals surface area contributed by atoms with E-state index in [4.69, 9.17) is 9.47 Å². The molecule has 160 valence electrons. The van der Waals surface area contributed by atoms with Gasteiger partial charge in [0, 0.05) is 6.54 Å². The highest BCUT2D eigenvalue weighted by molar-refractivity contribution is 5.69. The summed E-state index contributed by atoms with van der Waals surface area (Å²) in [5, 5.41) is 3.05. The molecule has 5 nitrogen and oxygen atoms in total. The van der Waals surface area contributed by atoms with Gasteiger partial charge in [0.25, 0.3) is 0 Å². The molecular formula is C25H32N2O3. The topological polar surface area (TPSA) is 50.8 Å². The zero-order chi connectivity index (χ0) is 20.7. The van der Waals surface area contributed by atoms with E-state index >= 15 is 0 Å². The summed E-state index contributed by atoms with van der Waals surface area (Å²) in [6.07, 6.45) is 6.60. The number of alkyl carbamates (subject to hydrolysis) is 1. The Morgan fingerprint density at radius 3 is 2.40 bits per heavy atom. The van der Waals surface area contributed by atoms with Gasteiger partial charge in [-0.2, -0.15) is 0 Å². The van der Waals surface area contributed by atoms with Crippen LogP contribution in [-0.4, -0.2) is 37.2 Å². The Morgan fingerprint density at radius 1 is 0.967 bits per heavy atom. The predicted octanol–water partition coefficient (Wildman–Crippen LogP) is 4.86. The lowest BCUT2D eigenvalue weighted by Gasteiger charge is -2.26. The Morgan fingerprint density at radius 2 is 1.70 bits per heavy atom. The van der Waals surface area contributed by atoms with Crippen molar-refractivity contribution in [3.63, 3.8) is 0 Å². The highest BCUT2D eigenvalue weighted by atomic mass is 16.5. The molecule has 30 heavy (non-hydrogen) atoms. The first kappa shape index (κ1) is 20.7. The van der Waals surface area contributed by atoms with Gasteiger partial charge in [-0.1, -0.05) is 48.9 Å². The second-order valence-corrected chi connectivity index (χ2v) is 8.40. The molecule has 2 aromatic rings. The zero-order valence-corrected chi connectivity index (χ0v) is 17.6. The standard InChI is InChI=1S/C25H32N2O3/c28-24(30-20-21-8-3-1-4-9-21)26-25(14-15-25)22-10-12-23(13-11-22)29-19-7-18-27-16-5-2-6-17-27/h1,3-4,8-13H,2,5-7,14-20H2,(H,26,28). The van der Waals surface area contributed by atoms with Crippen molar-refractivity contribution >= 4 is 6.09 Å². The SMILES string of the molecule is O=C(NC1(c2ccc(OCCCN3CCCCC3)cc2)CC1)OCc1ccccc1. The minimum absolute atomic E-state index is 0.285. The molecule has 2 fully saturated rings. The maximum Gasteiger partial charge on any atom is 0.408 e. The minimum Gasteiger partial charge on any atom is -0.494 e. The molecule has 1 aliphatic carbocycles. The van der Waals surface area contributed by atoms with Crippen LogP contribution in [0.1, 0.15) is 49.7 Å². The van der Waals surface area contributed by atoms with Gasteiger partial charge in [0.2, 0.25) is 0 Å². The molecule has 0 atom stereocenters. The van der Waals surface area contributed by atoms with Crippen LogP contribution in [0.25, 0.3) is 0 Å². The summed E-state index contributed by atoms with van der Waals surface area (Å²) in [5.41, 5.74) is 1.81. The number of ether oxygens (including phenoxy) is 2. The fourth-order valence-corrected chi connectivity index (χ4v) is 4.10. The molecular weight excluding hydrogens is 376 g/mol. The maximum absolute atomic E-state index is 12.3. The van der Waals surface area contributed by atoms with Crippen LogP contribution in [0.15, 0.2) is 54.6 Å². The van der Waals surface area contributed by atoms with Crippen LogP contribution in [0.3, 0.4) is 0 Å². The van der Waals surface area contributed by atoms with Crippen LogP contribution in [-0.2, 0) is 16.9 Å². The van der Waals surface area contributed by atoms with Crippen LogP contribution < -0.4 is 10.1 Å². The number of piperidine rings is 1. The summed E-state index contributed by atoms with van der Waals surface area (Å²) in [7, 11) is 0. The molecule has 2 aromatic carbocycles. The number of benzene rings is 2. The van der Waals surface area contributed by atoms with E-state index in [1.165, 1.54) is 32.4 Å². The van der Waals surface area contributed by atoms with Gasteiger partial charge >= 0.3 is 6.09 Å². The van der Waals surface area contributed by atoms with Gasteiger partial charge in [-0.15, -0.1) is 0 Å². The molecule has 1 saturated heterocycles. The molecule has 4 rings (SSSR count). The molecule has 1 saturated carbocycles. The highest BCUT2D eigenvalue weighted by Crippen LogP contribution is 2.45. The number of amides is 1. The van der Waals surface area contributed by atoms with Gasteiger partial charge in [-0.3, -0.25) is 0 Å². The third-order valence-electron chi connectivity index (χ3n) is 6.05. The highest BCUT2D eigenvalue weighted by Gasteiger charge is 2.46. The van der Waals surface area contributed by atoms with Crippen molar-refractivity contribution < 1.29 is 14.3 Å². The quantitative estimate of drug-likeness (QED) is 0.602. The van der Waals surface area contributed by atoms with Gasteiger partial charge in [0.1, 0.15) is 12.4 Å². The number of hydrogen-bond acceptors (Lipinski definition) is 4. The number of nitrogens with one attached hydrogen (secondary N) is 1. The monoisotopic (exact) mass is 408 g/mol. The van der Waals surface area contributed by atoms with E-state index in [1.54, 1.807) is 0 Å². The van der Waals surface area contributed by atoms with Gasteiger partial charge in [0.15, 0.2) is 0 Å². The normalized spacial score (nSPS) is 17.9. The summed E-state index contributed by atoms with van der Waals surface area (Å²) < 4.78 is 11.3. The number of hydrogen-bond donors (Lipinski definition) is 1. The molecule has 2 aliphatic rings. The Bertz CT molecular complexity index is 797. The van der Waals surface area contributed by atoms with Crippen molar-refractivity contribution in [3.05, 3.63) is 65.7 Å². The first-order valence-electron chi connectivity index (χ1n) is 11.2. The predicted molar refractivity (Wildman–Crippen MR) is 118 cm³/mol. The second kappa shape index (κ2) is 9.98. The van der Waals surface area contributed by atoms with Crippen molar-refractivity contribution in [1.29, 1.82) is 0 Å². The molecule has 1 heterocycles. The lowest BCUT2D eigenvalue weighted by molar-refractivity contribution is 0.134. The fraction of sp³-hybridized carbons (Fsp3) is 0.480. The molecule has 5 heteroatoms. The summed E-state index contributed by atoms with van der Waals surface area (Å²) >= 11 is 0. The lowest BCUT2D eigenvalue weighted by Crippen LogP contribution is -2.35. The van der Waals surface area contributed by atoms with E-state index in [0.717, 1.165) is 49.3 Å². The molecule has 0 bridgehead atoms. The number of carbonyl (C=O) groups excluding carboxylic acids is 1. The average molecular weight is 409 g/mol. The van der Waals surface area contributed by atoms with E-state index in [2.05, 4.69) is 22.3 Å². The fourth-order valence-electron chi connectivity index (χ4n) is 4.10. The molecule has 0 radical (unpaired) electrons. The summed E-state index contributed by atoms with van der Waals surface area (Å²) in [6, 6.07) is 17.9. The Labute approximate surface area is 179 Å². The number of likely N-dealkylation sites (tertiary alicyclic amines) is 1. The zero-order valence-electron chi connectivity index (χ0n) is 17.6. The van der Waals surface area contributed by atoms with Crippen molar-refractivity contribution in [3.8, 4) is 5.75 Å². The van der Waals surface area contributed by atoms with Gasteiger partial charge in [-0.05, 0) is 68.5 Å². The number of carbonyl (C=O) groups is 1. The third kappa shape index (κ3) is 5.76. The van der Waals surface area contributed by atoms with Gasteiger partial charge in [0.05, 0.1) is 12.1 Å². The lowest BCUT2D eigenvalue weighted by atomic mass is 10.1. The third-order valence-corrected chi connectivity index (χ3v) is 6.05. The van der Waals surface area contributed by atoms with Crippen molar-refractivity contribution in [2.24, 2.45) is 0 Å². The van der Waals surface area contributed by atoms with E-state index in [0.29, 0.717) is 0 Å². The average Bonchev–Trinajstić information content (AvgIpc) is 3.58. The number of rotatable bonds is 9. The second-order valence-electron chi connectivity index (χ2n) is 8.40. The van der Waals surface area contributed by atoms with Crippen molar-refractivity contribution in [1.82, 2.24) is 10.2 Å². The number of nitrogens with zero attached hydrogens (tertiary/aromatic N) is 1. The van der Waals surface area contributed by atoms with Crippen molar-refractivity contribution in [2.45, 2.75) is 50.7 Å². The van der Waals surface area contributed by atoms with Gasteiger partial charge in [-0.25, -0.2) is 4.79 Å². The molecule has 1 N–H and O–H groups in total. The molecule has 0 spiro atoms. The molecule has 0 aromatic heterocycles. The summed E-state index contributed by atoms with van der Waals surface area (Å²) in [4.78, 5) is 14.8. The Hall–Kier alpha value is -2.53. The van der Waals surface area contributed by atoms with E-state index in [1.807, 2.05) is 42.5 Å². The van der Waals surface area contributed by atoms with Gasteiger partial charge < -0.3 is 19.7 Å². The summed E-state index contributed by atoms with van der Waals surface area (Å²) in [5.74, 6) is 0.889. The van der Waals surface area contributed by atoms with E-state index in [9.17, 15) is 4.79 Å². The van der Waals surface area contributed by atoms with Crippen molar-refractivity contribution in [2.75, 3.05) is 26.2 Å². The molecule has 0 unspecified atom stereocenters. The maximum atomic E-state index is 12.3. The smallest absolute Gasteiger partial charge is 0.408 e. The Balaban J connectivity index is 1.20. The minimum atomic E-state index is -0.366. The molecule has 1 amide bonds. The van der Waals surface area contributed by atoms with E-state index in [-0.39, 0.29) is 18.2 Å². The van der Waals surface area contributed by atoms with E-state index < -0.39 is 0 Å². The van der Waals surface area contributed by atoms with Crippen LogP contribution in [0.4, 0.5) is 4.79 Å². The summed E-state index contributed by atoms with van der Waals surface area (Å²) in [6.45, 7) is 4.61. The van der Waals surface area contributed by atoms with Crippen LogP contribution in [0.5, 0.6) is 5.75 Å². The largest absolute Gasteiger partial charge is 0.494 e. The first-order chi connectivity index (χ1) is 14.7. The molecule has 1 aliphatic heterocycles. The Kier molecular flexibility index (Phi) is 6.90. The van der Waals surface area contributed by atoms with Crippen LogP contribution in [0, 0.1) is 0 Å². The van der Waals surface area contributed by atoms with Crippen LogP contribution in [0.2, 0.25) is 0 Å². The van der Waals surface area contributed by atoms with Crippen LogP contribution >= 0.6 is 0 Å².